The van der Waals surface area contributed by atoms with Crippen LogP contribution in [0, 0.1) is 5.41 Å². The zero-order chi connectivity index (χ0) is 13.9. The first kappa shape index (κ1) is 14.3. The summed E-state index contributed by atoms with van der Waals surface area (Å²) >= 11 is 5.91. The van der Waals surface area contributed by atoms with Crippen LogP contribution in [0.4, 0.5) is 0 Å². The number of hydrogen-bond acceptors (Lipinski definition) is 2. The molecule has 0 spiro atoms. The zero-order valence-corrected chi connectivity index (χ0v) is 12.2. The first-order chi connectivity index (χ1) is 9.08. The van der Waals surface area contributed by atoms with Crippen molar-refractivity contribution in [2.45, 2.75) is 26.2 Å². The van der Waals surface area contributed by atoms with Crippen LogP contribution in [0.15, 0.2) is 29.8 Å². The molecule has 1 aliphatic rings. The fourth-order valence-corrected chi connectivity index (χ4v) is 2.93. The molecule has 0 unspecified atom stereocenters. The second-order valence-corrected chi connectivity index (χ2v) is 5.99. The van der Waals surface area contributed by atoms with Crippen molar-refractivity contribution in [2.24, 2.45) is 5.41 Å². The average Bonchev–Trinajstić information content (AvgIpc) is 2.40. The van der Waals surface area contributed by atoms with Crippen molar-refractivity contribution in [1.29, 1.82) is 0 Å². The quantitative estimate of drug-likeness (QED) is 0.774. The molecule has 0 fully saturated rings. The maximum Gasteiger partial charge on any atom is 0.146 e. The van der Waals surface area contributed by atoms with Crippen molar-refractivity contribution in [2.75, 3.05) is 13.7 Å². The summed E-state index contributed by atoms with van der Waals surface area (Å²) in [5.74, 6) is 0. The minimum atomic E-state index is 0.0704. The van der Waals surface area contributed by atoms with E-state index in [-0.39, 0.29) is 5.41 Å². The molecule has 0 radical (unpaired) electrons. The molecule has 2 rings (SSSR count). The fraction of sp³-hybridized carbons (Fsp3) is 0.438. The van der Waals surface area contributed by atoms with Gasteiger partial charge < -0.3 is 4.74 Å². The van der Waals surface area contributed by atoms with Crippen molar-refractivity contribution in [1.82, 2.24) is 0 Å². The first-order valence-corrected chi connectivity index (χ1v) is 6.88. The number of carbonyl (C=O) groups is 1. The third-order valence-corrected chi connectivity index (χ3v) is 4.06. The van der Waals surface area contributed by atoms with Crippen LogP contribution in [0.3, 0.4) is 0 Å². The molecular weight excluding hydrogens is 260 g/mol. The van der Waals surface area contributed by atoms with E-state index in [0.717, 1.165) is 47.3 Å². The van der Waals surface area contributed by atoms with Gasteiger partial charge in [0.2, 0.25) is 0 Å². The smallest absolute Gasteiger partial charge is 0.146 e. The van der Waals surface area contributed by atoms with Crippen molar-refractivity contribution in [3.8, 4) is 0 Å². The lowest BCUT2D eigenvalue weighted by molar-refractivity contribution is -0.105. The number of halogens is 1. The van der Waals surface area contributed by atoms with E-state index in [1.165, 1.54) is 0 Å². The van der Waals surface area contributed by atoms with E-state index in [1.54, 1.807) is 7.11 Å². The van der Waals surface area contributed by atoms with Crippen molar-refractivity contribution in [3.05, 3.63) is 40.4 Å². The second kappa shape index (κ2) is 5.89. The van der Waals surface area contributed by atoms with Crippen molar-refractivity contribution < 1.29 is 9.53 Å². The Morgan fingerprint density at radius 2 is 2.05 bits per heavy atom. The van der Waals surface area contributed by atoms with Gasteiger partial charge in [-0.05, 0) is 53.5 Å². The van der Waals surface area contributed by atoms with Gasteiger partial charge in [-0.1, -0.05) is 30.7 Å². The largest absolute Gasteiger partial charge is 0.384 e. The molecule has 0 saturated carbocycles. The lowest BCUT2D eigenvalue weighted by atomic mass is 9.72. The molecule has 3 heteroatoms. The summed E-state index contributed by atoms with van der Waals surface area (Å²) in [5.41, 5.74) is 3.22. The predicted octanol–water partition coefficient (Wildman–Crippen LogP) is 4.13. The van der Waals surface area contributed by atoms with E-state index in [2.05, 4.69) is 6.92 Å². The molecule has 0 N–H and O–H groups in total. The number of carbonyl (C=O) groups excluding carboxylic acids is 1. The van der Waals surface area contributed by atoms with E-state index in [0.29, 0.717) is 6.61 Å². The Bertz CT molecular complexity index is 490. The maximum atomic E-state index is 11.4. The SMILES string of the molecule is COC[C@]1(C)CCC(c2ccc(Cl)cc2)=C(C=O)C1. The highest BCUT2D eigenvalue weighted by molar-refractivity contribution is 6.30. The standard InChI is InChI=1S/C16H19ClO2/c1-16(11-19-2)8-7-15(13(9-16)10-18)12-3-5-14(17)6-4-12/h3-6,10H,7-9,11H2,1-2H3/t16-/m1/s1. The van der Waals surface area contributed by atoms with Crippen LogP contribution in [0.25, 0.3) is 5.57 Å². The van der Waals surface area contributed by atoms with Gasteiger partial charge >= 0.3 is 0 Å². The van der Waals surface area contributed by atoms with Gasteiger partial charge in [0.05, 0.1) is 6.61 Å². The number of allylic oxidation sites excluding steroid dienone is 2. The van der Waals surface area contributed by atoms with Crippen LogP contribution in [-0.4, -0.2) is 20.0 Å². The van der Waals surface area contributed by atoms with Gasteiger partial charge in [-0.2, -0.15) is 0 Å². The van der Waals surface area contributed by atoms with Crippen molar-refractivity contribution >= 4 is 23.5 Å². The maximum absolute atomic E-state index is 11.4. The van der Waals surface area contributed by atoms with Crippen LogP contribution < -0.4 is 0 Å². The summed E-state index contributed by atoms with van der Waals surface area (Å²) in [6, 6.07) is 7.71. The molecule has 0 aliphatic heterocycles. The number of ether oxygens (including phenoxy) is 1. The Morgan fingerprint density at radius 1 is 1.37 bits per heavy atom. The van der Waals surface area contributed by atoms with Gasteiger partial charge in [-0.3, -0.25) is 4.79 Å². The minimum absolute atomic E-state index is 0.0704. The highest BCUT2D eigenvalue weighted by atomic mass is 35.5. The number of benzene rings is 1. The van der Waals surface area contributed by atoms with E-state index in [1.807, 2.05) is 24.3 Å². The van der Waals surface area contributed by atoms with E-state index in [9.17, 15) is 4.79 Å². The molecule has 0 saturated heterocycles. The normalized spacial score (nSPS) is 23.5. The molecule has 1 aliphatic carbocycles. The highest BCUT2D eigenvalue weighted by Crippen LogP contribution is 2.42. The van der Waals surface area contributed by atoms with E-state index >= 15 is 0 Å². The molecular formula is C16H19ClO2. The lowest BCUT2D eigenvalue weighted by Crippen LogP contribution is -2.27. The van der Waals surface area contributed by atoms with Crippen LogP contribution >= 0.6 is 11.6 Å². The Kier molecular flexibility index (Phi) is 4.43. The predicted molar refractivity (Wildman–Crippen MR) is 78.3 cm³/mol. The number of rotatable bonds is 4. The Hall–Kier alpha value is -1.12. The monoisotopic (exact) mass is 278 g/mol. The number of aldehydes is 1. The molecule has 102 valence electrons. The van der Waals surface area contributed by atoms with Crippen LogP contribution in [0.5, 0.6) is 0 Å². The molecule has 0 bridgehead atoms. The highest BCUT2D eigenvalue weighted by Gasteiger charge is 2.31. The second-order valence-electron chi connectivity index (χ2n) is 5.55. The van der Waals surface area contributed by atoms with E-state index in [4.69, 9.17) is 16.3 Å². The summed E-state index contributed by atoms with van der Waals surface area (Å²) in [6.07, 6.45) is 3.73. The fourth-order valence-electron chi connectivity index (χ4n) is 2.81. The van der Waals surface area contributed by atoms with Gasteiger partial charge in [-0.15, -0.1) is 0 Å². The summed E-state index contributed by atoms with van der Waals surface area (Å²) in [4.78, 5) is 11.4. The van der Waals surface area contributed by atoms with Gasteiger partial charge in [0.1, 0.15) is 6.29 Å². The average molecular weight is 279 g/mol. The lowest BCUT2D eigenvalue weighted by Gasteiger charge is -2.34. The Morgan fingerprint density at radius 3 is 2.63 bits per heavy atom. The molecule has 19 heavy (non-hydrogen) atoms. The number of methoxy groups -OCH3 is 1. The summed E-state index contributed by atoms with van der Waals surface area (Å²) < 4.78 is 5.28. The Balaban J connectivity index is 2.31. The molecule has 0 aromatic heterocycles. The van der Waals surface area contributed by atoms with Crippen molar-refractivity contribution in [3.63, 3.8) is 0 Å². The van der Waals surface area contributed by atoms with Crippen LogP contribution in [-0.2, 0) is 9.53 Å². The molecule has 1 aromatic rings. The van der Waals surface area contributed by atoms with Gasteiger partial charge in [0, 0.05) is 12.1 Å². The number of hydrogen-bond donors (Lipinski definition) is 0. The molecule has 2 nitrogen and oxygen atoms in total. The topological polar surface area (TPSA) is 26.3 Å². The molecule has 1 atom stereocenters. The molecule has 1 aromatic carbocycles. The van der Waals surface area contributed by atoms with E-state index < -0.39 is 0 Å². The molecule has 0 heterocycles. The summed E-state index contributed by atoms with van der Waals surface area (Å²) in [6.45, 7) is 2.87. The van der Waals surface area contributed by atoms with Crippen LogP contribution in [0.2, 0.25) is 5.02 Å². The summed E-state index contributed by atoms with van der Waals surface area (Å²) in [7, 11) is 1.71. The third-order valence-electron chi connectivity index (χ3n) is 3.81. The minimum Gasteiger partial charge on any atom is -0.384 e. The Labute approximate surface area is 119 Å². The third kappa shape index (κ3) is 3.26. The molecule has 0 amide bonds. The van der Waals surface area contributed by atoms with Gasteiger partial charge in [0.15, 0.2) is 0 Å². The first-order valence-electron chi connectivity index (χ1n) is 6.50. The van der Waals surface area contributed by atoms with Gasteiger partial charge in [0.25, 0.3) is 0 Å². The van der Waals surface area contributed by atoms with Gasteiger partial charge in [-0.25, -0.2) is 0 Å². The zero-order valence-electron chi connectivity index (χ0n) is 11.4. The van der Waals surface area contributed by atoms with Crippen LogP contribution in [0.1, 0.15) is 31.7 Å². The summed E-state index contributed by atoms with van der Waals surface area (Å²) in [5, 5.41) is 0.719.